The highest BCUT2D eigenvalue weighted by Gasteiger charge is 1.95. The SMILES string of the molecule is C=CC.CCCCCCCCOc1ccc(N=O)cc1. The lowest BCUT2D eigenvalue weighted by molar-refractivity contribution is 0.304. The summed E-state index contributed by atoms with van der Waals surface area (Å²) >= 11 is 0. The molecule has 0 amide bonds. The van der Waals surface area contributed by atoms with Gasteiger partial charge in [-0.1, -0.05) is 45.1 Å². The lowest BCUT2D eigenvalue weighted by atomic mass is 10.1. The van der Waals surface area contributed by atoms with Gasteiger partial charge in [0.1, 0.15) is 11.4 Å². The van der Waals surface area contributed by atoms with E-state index in [1.54, 1.807) is 30.3 Å². The molecule has 0 unspecified atom stereocenters. The number of unbranched alkanes of at least 4 members (excludes halogenated alkanes) is 5. The largest absolute Gasteiger partial charge is 0.494 e. The van der Waals surface area contributed by atoms with Crippen molar-refractivity contribution in [3.63, 3.8) is 0 Å². The van der Waals surface area contributed by atoms with E-state index in [0.717, 1.165) is 18.8 Å². The molecule has 1 rings (SSSR count). The average molecular weight is 277 g/mol. The molecule has 0 N–H and O–H groups in total. The van der Waals surface area contributed by atoms with Gasteiger partial charge in [-0.15, -0.1) is 11.5 Å². The minimum atomic E-state index is 0.442. The van der Waals surface area contributed by atoms with E-state index in [0.29, 0.717) is 5.69 Å². The number of nitroso groups, excluding NO2 is 1. The molecule has 0 radical (unpaired) electrons. The van der Waals surface area contributed by atoms with E-state index in [4.69, 9.17) is 4.74 Å². The van der Waals surface area contributed by atoms with E-state index in [2.05, 4.69) is 18.7 Å². The van der Waals surface area contributed by atoms with Crippen LogP contribution in [-0.2, 0) is 0 Å². The third-order valence-electron chi connectivity index (χ3n) is 2.71. The summed E-state index contributed by atoms with van der Waals surface area (Å²) < 4.78 is 5.57. The molecule has 0 saturated heterocycles. The zero-order chi connectivity index (χ0) is 15.1. The molecule has 0 aliphatic heterocycles. The van der Waals surface area contributed by atoms with Crippen LogP contribution < -0.4 is 4.74 Å². The molecule has 3 heteroatoms. The number of nitrogens with zero attached hydrogens (tertiary/aromatic N) is 1. The van der Waals surface area contributed by atoms with Crippen LogP contribution in [0.15, 0.2) is 42.1 Å². The van der Waals surface area contributed by atoms with Gasteiger partial charge in [0.25, 0.3) is 0 Å². The Kier molecular flexibility index (Phi) is 12.7. The second-order valence-electron chi connectivity index (χ2n) is 4.61. The van der Waals surface area contributed by atoms with Gasteiger partial charge in [-0.3, -0.25) is 0 Å². The Balaban J connectivity index is 0.00000110. The van der Waals surface area contributed by atoms with Crippen molar-refractivity contribution in [1.82, 2.24) is 0 Å². The topological polar surface area (TPSA) is 38.7 Å². The first kappa shape index (κ1) is 18.4. The fourth-order valence-corrected chi connectivity index (χ4v) is 1.68. The van der Waals surface area contributed by atoms with E-state index >= 15 is 0 Å². The van der Waals surface area contributed by atoms with Crippen molar-refractivity contribution in [2.75, 3.05) is 6.61 Å². The standard InChI is InChI=1S/C14H21NO2.C3H6/c1-2-3-4-5-6-7-12-17-14-10-8-13(15-16)9-11-14;1-3-2/h8-11H,2-7,12H2,1H3;3H,1H2,2H3. The Morgan fingerprint density at radius 2 is 1.65 bits per heavy atom. The second-order valence-corrected chi connectivity index (χ2v) is 4.61. The zero-order valence-corrected chi connectivity index (χ0v) is 12.8. The molecule has 0 bridgehead atoms. The summed E-state index contributed by atoms with van der Waals surface area (Å²) in [5, 5.41) is 2.84. The van der Waals surface area contributed by atoms with Gasteiger partial charge < -0.3 is 4.74 Å². The summed E-state index contributed by atoms with van der Waals surface area (Å²) in [6.07, 6.45) is 9.32. The molecule has 0 aromatic heterocycles. The molecule has 0 heterocycles. The van der Waals surface area contributed by atoms with Gasteiger partial charge in [0.15, 0.2) is 0 Å². The van der Waals surface area contributed by atoms with Gasteiger partial charge in [-0.2, -0.15) is 0 Å². The van der Waals surface area contributed by atoms with Crippen molar-refractivity contribution >= 4 is 5.69 Å². The van der Waals surface area contributed by atoms with Crippen LogP contribution in [0.3, 0.4) is 0 Å². The van der Waals surface area contributed by atoms with Crippen molar-refractivity contribution < 1.29 is 4.74 Å². The molecule has 0 saturated carbocycles. The summed E-state index contributed by atoms with van der Waals surface area (Å²) in [5.41, 5.74) is 0.442. The van der Waals surface area contributed by atoms with Crippen molar-refractivity contribution in [3.8, 4) is 5.75 Å². The van der Waals surface area contributed by atoms with Crippen LogP contribution >= 0.6 is 0 Å². The number of hydrogen-bond acceptors (Lipinski definition) is 3. The van der Waals surface area contributed by atoms with Gasteiger partial charge in [-0.05, 0) is 42.8 Å². The van der Waals surface area contributed by atoms with Gasteiger partial charge >= 0.3 is 0 Å². The number of allylic oxidation sites excluding steroid dienone is 1. The molecule has 0 fully saturated rings. The van der Waals surface area contributed by atoms with Gasteiger partial charge in [0.2, 0.25) is 0 Å². The van der Waals surface area contributed by atoms with Crippen LogP contribution in [0.5, 0.6) is 5.75 Å². The maximum absolute atomic E-state index is 10.2. The first-order valence-corrected chi connectivity index (χ1v) is 7.41. The highest BCUT2D eigenvalue weighted by atomic mass is 16.5. The minimum Gasteiger partial charge on any atom is -0.494 e. The summed E-state index contributed by atoms with van der Waals surface area (Å²) in [4.78, 5) is 10.2. The fraction of sp³-hybridized carbons (Fsp3) is 0.529. The molecule has 20 heavy (non-hydrogen) atoms. The Morgan fingerprint density at radius 1 is 1.10 bits per heavy atom. The van der Waals surface area contributed by atoms with E-state index in [1.807, 2.05) is 6.92 Å². The summed E-state index contributed by atoms with van der Waals surface area (Å²) in [6.45, 7) is 8.22. The van der Waals surface area contributed by atoms with Gasteiger partial charge in [0, 0.05) is 0 Å². The van der Waals surface area contributed by atoms with Gasteiger partial charge in [-0.25, -0.2) is 0 Å². The third-order valence-corrected chi connectivity index (χ3v) is 2.71. The predicted octanol–water partition coefficient (Wildman–Crippen LogP) is 6.02. The minimum absolute atomic E-state index is 0.442. The van der Waals surface area contributed by atoms with E-state index < -0.39 is 0 Å². The molecule has 1 aromatic carbocycles. The second kappa shape index (κ2) is 13.8. The number of ether oxygens (including phenoxy) is 1. The zero-order valence-electron chi connectivity index (χ0n) is 12.8. The fourth-order valence-electron chi connectivity index (χ4n) is 1.68. The van der Waals surface area contributed by atoms with Crippen molar-refractivity contribution in [1.29, 1.82) is 0 Å². The van der Waals surface area contributed by atoms with Crippen LogP contribution in [0.1, 0.15) is 52.4 Å². The molecule has 3 nitrogen and oxygen atoms in total. The van der Waals surface area contributed by atoms with Crippen LogP contribution in [0.4, 0.5) is 5.69 Å². The average Bonchev–Trinajstić information content (AvgIpc) is 2.48. The van der Waals surface area contributed by atoms with Crippen LogP contribution in [0, 0.1) is 4.91 Å². The van der Waals surface area contributed by atoms with Crippen LogP contribution in [0.25, 0.3) is 0 Å². The Morgan fingerprint density at radius 3 is 2.20 bits per heavy atom. The van der Waals surface area contributed by atoms with E-state index in [-0.39, 0.29) is 0 Å². The Labute approximate surface area is 123 Å². The first-order valence-electron chi connectivity index (χ1n) is 7.41. The van der Waals surface area contributed by atoms with Crippen molar-refractivity contribution in [3.05, 3.63) is 41.8 Å². The van der Waals surface area contributed by atoms with Crippen molar-refractivity contribution in [2.24, 2.45) is 5.18 Å². The third kappa shape index (κ3) is 10.3. The molecule has 112 valence electrons. The first-order chi connectivity index (χ1) is 9.78. The smallest absolute Gasteiger partial charge is 0.119 e. The Bertz CT molecular complexity index is 347. The predicted molar refractivity (Wildman–Crippen MR) is 86.6 cm³/mol. The monoisotopic (exact) mass is 277 g/mol. The molecule has 1 aromatic rings. The van der Waals surface area contributed by atoms with Gasteiger partial charge in [0.05, 0.1) is 6.61 Å². The number of rotatable bonds is 9. The highest BCUT2D eigenvalue weighted by molar-refractivity contribution is 5.40. The highest BCUT2D eigenvalue weighted by Crippen LogP contribution is 2.17. The molecule has 0 aliphatic rings. The lowest BCUT2D eigenvalue weighted by Gasteiger charge is -2.05. The maximum atomic E-state index is 10.2. The van der Waals surface area contributed by atoms with E-state index in [9.17, 15) is 4.91 Å². The van der Waals surface area contributed by atoms with E-state index in [1.165, 1.54) is 32.1 Å². The number of benzene rings is 1. The summed E-state index contributed by atoms with van der Waals surface area (Å²) in [5.74, 6) is 0.811. The molecule has 0 aliphatic carbocycles. The summed E-state index contributed by atoms with van der Waals surface area (Å²) in [6, 6.07) is 6.91. The maximum Gasteiger partial charge on any atom is 0.119 e. The summed E-state index contributed by atoms with van der Waals surface area (Å²) in [7, 11) is 0. The molecular formula is C17H27NO2. The number of hydrogen-bond donors (Lipinski definition) is 0. The normalized spacial score (nSPS) is 9.30. The van der Waals surface area contributed by atoms with Crippen LogP contribution in [-0.4, -0.2) is 6.61 Å². The quantitative estimate of drug-likeness (QED) is 0.314. The van der Waals surface area contributed by atoms with Crippen LogP contribution in [0.2, 0.25) is 0 Å². The molecule has 0 atom stereocenters. The molecule has 0 spiro atoms. The molecular weight excluding hydrogens is 250 g/mol. The lowest BCUT2D eigenvalue weighted by Crippen LogP contribution is -1.96. The Hall–Kier alpha value is -1.64. The van der Waals surface area contributed by atoms with Crippen molar-refractivity contribution in [2.45, 2.75) is 52.4 Å².